The van der Waals surface area contributed by atoms with Crippen LogP contribution in [0.25, 0.3) is 0 Å². The van der Waals surface area contributed by atoms with Gasteiger partial charge in [-0.1, -0.05) is 11.6 Å². The molecule has 0 saturated heterocycles. The van der Waals surface area contributed by atoms with Crippen LogP contribution in [0.3, 0.4) is 0 Å². The first kappa shape index (κ1) is 13.2. The van der Waals surface area contributed by atoms with Crippen molar-refractivity contribution >= 4 is 23.2 Å². The average Bonchev–Trinajstić information content (AvgIpc) is 2.37. The summed E-state index contributed by atoms with van der Waals surface area (Å²) < 4.78 is 1.37. The highest BCUT2D eigenvalue weighted by atomic mass is 35.5. The number of aromatic hydroxyl groups is 1. The first-order chi connectivity index (χ1) is 8.97. The molecule has 0 radical (unpaired) electrons. The fourth-order valence-corrected chi connectivity index (χ4v) is 1.66. The molecule has 0 saturated carbocycles. The maximum absolute atomic E-state index is 11.9. The minimum absolute atomic E-state index is 0.0618. The molecule has 0 fully saturated rings. The van der Waals surface area contributed by atoms with Gasteiger partial charge in [-0.3, -0.25) is 9.59 Å². The molecule has 0 atom stereocenters. The van der Waals surface area contributed by atoms with Gasteiger partial charge in [0.2, 0.25) is 0 Å². The number of benzene rings is 1. The summed E-state index contributed by atoms with van der Waals surface area (Å²) in [6.07, 6.45) is 1.51. The highest BCUT2D eigenvalue weighted by molar-refractivity contribution is 6.32. The van der Waals surface area contributed by atoms with E-state index in [-0.39, 0.29) is 21.9 Å². The Hall–Kier alpha value is -2.27. The Bertz CT molecular complexity index is 695. The van der Waals surface area contributed by atoms with Crippen molar-refractivity contribution in [2.24, 2.45) is 7.05 Å². The third kappa shape index (κ3) is 2.95. The maximum Gasteiger partial charge on any atom is 0.255 e. The minimum atomic E-state index is -0.417. The van der Waals surface area contributed by atoms with Crippen LogP contribution >= 0.6 is 11.6 Å². The van der Waals surface area contributed by atoms with Crippen LogP contribution in [0.2, 0.25) is 5.02 Å². The molecule has 2 rings (SSSR count). The second-order valence-corrected chi connectivity index (χ2v) is 4.39. The Morgan fingerprint density at radius 1 is 1.32 bits per heavy atom. The SMILES string of the molecule is Cn1ccc(C(=O)Nc2ccc(O)c(Cl)c2)cc1=O. The molecule has 0 aliphatic rings. The summed E-state index contributed by atoms with van der Waals surface area (Å²) in [6.45, 7) is 0. The minimum Gasteiger partial charge on any atom is -0.506 e. The van der Waals surface area contributed by atoms with Crippen LogP contribution in [0, 0.1) is 0 Å². The Balaban J connectivity index is 2.23. The molecule has 19 heavy (non-hydrogen) atoms. The lowest BCUT2D eigenvalue weighted by molar-refractivity contribution is 0.102. The van der Waals surface area contributed by atoms with Gasteiger partial charge in [-0.2, -0.15) is 0 Å². The number of aryl methyl sites for hydroxylation is 1. The van der Waals surface area contributed by atoms with Crippen molar-refractivity contribution in [2.45, 2.75) is 0 Å². The fourth-order valence-electron chi connectivity index (χ4n) is 1.48. The number of phenols is 1. The van der Waals surface area contributed by atoms with Crippen LogP contribution in [0.5, 0.6) is 5.75 Å². The van der Waals surface area contributed by atoms with E-state index in [4.69, 9.17) is 11.6 Å². The van der Waals surface area contributed by atoms with Crippen LogP contribution in [0.1, 0.15) is 10.4 Å². The Labute approximate surface area is 114 Å². The lowest BCUT2D eigenvalue weighted by atomic mass is 10.2. The number of anilines is 1. The van der Waals surface area contributed by atoms with Crippen LogP contribution in [0.4, 0.5) is 5.69 Å². The number of halogens is 1. The Morgan fingerprint density at radius 3 is 2.68 bits per heavy atom. The standard InChI is InChI=1S/C13H11ClN2O3/c1-16-5-4-8(6-12(16)18)13(19)15-9-2-3-11(17)10(14)7-9/h2-7,17H,1H3,(H,15,19). The summed E-state index contributed by atoms with van der Waals surface area (Å²) in [6, 6.07) is 7.11. The van der Waals surface area contributed by atoms with E-state index >= 15 is 0 Å². The second kappa shape index (κ2) is 5.16. The molecule has 0 aliphatic heterocycles. The molecular formula is C13H11ClN2O3. The Morgan fingerprint density at radius 2 is 2.05 bits per heavy atom. The predicted molar refractivity (Wildman–Crippen MR) is 72.8 cm³/mol. The third-order valence-electron chi connectivity index (χ3n) is 2.57. The van der Waals surface area contributed by atoms with Gasteiger partial charge in [-0.25, -0.2) is 0 Å². The summed E-state index contributed by atoms with van der Waals surface area (Å²) in [5, 5.41) is 12.0. The van der Waals surface area contributed by atoms with E-state index in [1.807, 2.05) is 0 Å². The average molecular weight is 279 g/mol. The number of hydrogen-bond donors (Lipinski definition) is 2. The van der Waals surface area contributed by atoms with Gasteiger partial charge in [0.25, 0.3) is 11.5 Å². The molecule has 0 bridgehead atoms. The molecule has 98 valence electrons. The summed E-state index contributed by atoms with van der Waals surface area (Å²) in [4.78, 5) is 23.3. The number of pyridine rings is 1. The zero-order valence-corrected chi connectivity index (χ0v) is 10.8. The number of carbonyl (C=O) groups is 1. The van der Waals surface area contributed by atoms with E-state index in [1.54, 1.807) is 13.1 Å². The van der Waals surface area contributed by atoms with Gasteiger partial charge in [0, 0.05) is 30.6 Å². The van der Waals surface area contributed by atoms with E-state index in [1.165, 1.54) is 35.0 Å². The molecule has 6 heteroatoms. The summed E-state index contributed by atoms with van der Waals surface area (Å²) >= 11 is 5.73. The number of amides is 1. The fraction of sp³-hybridized carbons (Fsp3) is 0.0769. The zero-order valence-electron chi connectivity index (χ0n) is 10.1. The highest BCUT2D eigenvalue weighted by Gasteiger charge is 2.08. The number of hydrogen-bond acceptors (Lipinski definition) is 3. The maximum atomic E-state index is 11.9. The van der Waals surface area contributed by atoms with E-state index in [2.05, 4.69) is 5.32 Å². The lowest BCUT2D eigenvalue weighted by Crippen LogP contribution is -2.19. The molecular weight excluding hydrogens is 268 g/mol. The molecule has 0 spiro atoms. The quantitative estimate of drug-likeness (QED) is 0.826. The van der Waals surface area contributed by atoms with E-state index < -0.39 is 5.91 Å². The molecule has 0 unspecified atom stereocenters. The lowest BCUT2D eigenvalue weighted by Gasteiger charge is -2.06. The number of phenolic OH excluding ortho intramolecular Hbond substituents is 1. The van der Waals surface area contributed by atoms with E-state index in [9.17, 15) is 14.7 Å². The number of carbonyl (C=O) groups excluding carboxylic acids is 1. The van der Waals surface area contributed by atoms with Gasteiger partial charge in [-0.15, -0.1) is 0 Å². The molecule has 1 heterocycles. The number of rotatable bonds is 2. The number of nitrogens with one attached hydrogen (secondary N) is 1. The highest BCUT2D eigenvalue weighted by Crippen LogP contribution is 2.26. The van der Waals surface area contributed by atoms with Gasteiger partial charge in [0.05, 0.1) is 5.02 Å². The predicted octanol–water partition coefficient (Wildman–Crippen LogP) is 2.00. The van der Waals surface area contributed by atoms with Crippen molar-refractivity contribution in [2.75, 3.05) is 5.32 Å². The van der Waals surface area contributed by atoms with Crippen LogP contribution in [-0.4, -0.2) is 15.6 Å². The summed E-state index contributed by atoms with van der Waals surface area (Å²) in [5.41, 5.74) is 0.428. The summed E-state index contributed by atoms with van der Waals surface area (Å²) in [5.74, 6) is -0.479. The van der Waals surface area contributed by atoms with Gasteiger partial charge < -0.3 is 15.0 Å². The van der Waals surface area contributed by atoms with Gasteiger partial charge >= 0.3 is 0 Å². The summed E-state index contributed by atoms with van der Waals surface area (Å²) in [7, 11) is 1.60. The normalized spacial score (nSPS) is 10.2. The molecule has 2 aromatic rings. The van der Waals surface area contributed by atoms with Gasteiger partial charge in [0.15, 0.2) is 0 Å². The van der Waals surface area contributed by atoms with Crippen molar-refractivity contribution in [1.29, 1.82) is 0 Å². The smallest absolute Gasteiger partial charge is 0.255 e. The largest absolute Gasteiger partial charge is 0.506 e. The van der Waals surface area contributed by atoms with Crippen LogP contribution < -0.4 is 10.9 Å². The van der Waals surface area contributed by atoms with Crippen molar-refractivity contribution in [1.82, 2.24) is 4.57 Å². The van der Waals surface area contributed by atoms with E-state index in [0.717, 1.165) is 0 Å². The molecule has 1 aromatic heterocycles. The molecule has 1 aromatic carbocycles. The topological polar surface area (TPSA) is 71.3 Å². The third-order valence-corrected chi connectivity index (χ3v) is 2.87. The molecule has 5 nitrogen and oxygen atoms in total. The van der Waals surface area contributed by atoms with Gasteiger partial charge in [-0.05, 0) is 24.3 Å². The number of aromatic nitrogens is 1. The van der Waals surface area contributed by atoms with Gasteiger partial charge in [0.1, 0.15) is 5.75 Å². The molecule has 2 N–H and O–H groups in total. The van der Waals surface area contributed by atoms with E-state index in [0.29, 0.717) is 5.69 Å². The van der Waals surface area contributed by atoms with Crippen molar-refractivity contribution in [3.05, 3.63) is 57.5 Å². The van der Waals surface area contributed by atoms with Crippen molar-refractivity contribution in [3.63, 3.8) is 0 Å². The molecule has 0 aliphatic carbocycles. The number of nitrogens with zero attached hydrogens (tertiary/aromatic N) is 1. The van der Waals surface area contributed by atoms with Crippen molar-refractivity contribution < 1.29 is 9.90 Å². The Kier molecular flexibility index (Phi) is 3.57. The van der Waals surface area contributed by atoms with Crippen LogP contribution in [0.15, 0.2) is 41.3 Å². The monoisotopic (exact) mass is 278 g/mol. The first-order valence-electron chi connectivity index (χ1n) is 5.44. The van der Waals surface area contributed by atoms with Crippen LogP contribution in [-0.2, 0) is 7.05 Å². The second-order valence-electron chi connectivity index (χ2n) is 3.98. The molecule has 1 amide bonds. The van der Waals surface area contributed by atoms with Crippen molar-refractivity contribution in [3.8, 4) is 5.75 Å². The first-order valence-corrected chi connectivity index (χ1v) is 5.82. The zero-order chi connectivity index (χ0) is 14.0.